The molecule has 4 nitrogen and oxygen atoms in total. The number of carbonyl (C=O) groups excluding carboxylic acids is 1. The van der Waals surface area contributed by atoms with E-state index in [1.54, 1.807) is 0 Å². The van der Waals surface area contributed by atoms with Crippen molar-refractivity contribution in [2.75, 3.05) is 0 Å². The SMILES string of the molecule is O=C([O-])c1ccc(C(=O)O)cc1. The van der Waals surface area contributed by atoms with Crippen LogP contribution in [0.4, 0.5) is 0 Å². The van der Waals surface area contributed by atoms with E-state index in [-0.39, 0.29) is 11.1 Å². The summed E-state index contributed by atoms with van der Waals surface area (Å²) in [5, 5.41) is 18.7. The molecule has 0 aliphatic rings. The standard InChI is InChI=1S/C8H6O4/c9-7(10)5-1-2-6(4-3-5)8(11)12/h1-4H,(H,9,10)(H,11,12)/p-1. The number of aromatic carboxylic acids is 2. The molecule has 0 saturated carbocycles. The molecular weight excluding hydrogens is 160 g/mol. The zero-order chi connectivity index (χ0) is 9.14. The van der Waals surface area contributed by atoms with Crippen LogP contribution in [0.3, 0.4) is 0 Å². The Morgan fingerprint density at radius 2 is 1.50 bits per heavy atom. The van der Waals surface area contributed by atoms with Gasteiger partial charge >= 0.3 is 5.97 Å². The van der Waals surface area contributed by atoms with Gasteiger partial charge in [-0.1, -0.05) is 12.1 Å². The molecule has 0 atom stereocenters. The van der Waals surface area contributed by atoms with Gasteiger partial charge in [-0.3, -0.25) is 0 Å². The smallest absolute Gasteiger partial charge is 0.335 e. The maximum absolute atomic E-state index is 10.3. The fraction of sp³-hybridized carbons (Fsp3) is 0. The summed E-state index contributed by atoms with van der Waals surface area (Å²) in [7, 11) is 0. The van der Waals surface area contributed by atoms with Crippen LogP contribution >= 0.6 is 0 Å². The van der Waals surface area contributed by atoms with Crippen LogP contribution in [0.25, 0.3) is 0 Å². The molecule has 12 heavy (non-hydrogen) atoms. The van der Waals surface area contributed by atoms with E-state index in [0.29, 0.717) is 0 Å². The second-order valence-electron chi connectivity index (χ2n) is 2.17. The third-order valence-corrected chi connectivity index (χ3v) is 1.37. The van der Waals surface area contributed by atoms with Crippen molar-refractivity contribution in [1.82, 2.24) is 0 Å². The molecule has 1 N–H and O–H groups in total. The van der Waals surface area contributed by atoms with E-state index in [1.165, 1.54) is 24.3 Å². The minimum absolute atomic E-state index is 0.0278. The molecule has 0 aromatic heterocycles. The predicted octanol–water partition coefficient (Wildman–Crippen LogP) is -0.252. The molecule has 0 aliphatic carbocycles. The highest BCUT2D eigenvalue weighted by atomic mass is 16.4. The van der Waals surface area contributed by atoms with Crippen molar-refractivity contribution in [2.24, 2.45) is 0 Å². The average molecular weight is 165 g/mol. The Bertz CT molecular complexity index is 279. The summed E-state index contributed by atoms with van der Waals surface area (Å²) < 4.78 is 0. The number of carboxylic acid groups (broad SMARTS) is 2. The fourth-order valence-electron chi connectivity index (χ4n) is 0.749. The Labute approximate surface area is 68.1 Å². The maximum Gasteiger partial charge on any atom is 0.335 e. The van der Waals surface area contributed by atoms with E-state index in [9.17, 15) is 14.7 Å². The number of benzene rings is 1. The molecule has 0 bridgehead atoms. The van der Waals surface area contributed by atoms with Crippen LogP contribution in [0.15, 0.2) is 24.3 Å². The number of hydrogen-bond acceptors (Lipinski definition) is 3. The molecule has 0 fully saturated rings. The Morgan fingerprint density at radius 1 is 1.08 bits per heavy atom. The predicted molar refractivity (Wildman–Crippen MR) is 37.7 cm³/mol. The van der Waals surface area contributed by atoms with Gasteiger partial charge in [0.15, 0.2) is 0 Å². The van der Waals surface area contributed by atoms with Crippen molar-refractivity contribution in [3.05, 3.63) is 35.4 Å². The van der Waals surface area contributed by atoms with E-state index in [1.807, 2.05) is 0 Å². The molecule has 0 radical (unpaired) electrons. The molecule has 1 rings (SSSR count). The molecule has 0 aliphatic heterocycles. The van der Waals surface area contributed by atoms with Crippen molar-refractivity contribution in [1.29, 1.82) is 0 Å². The van der Waals surface area contributed by atoms with Crippen LogP contribution in [0.2, 0.25) is 0 Å². The van der Waals surface area contributed by atoms with E-state index >= 15 is 0 Å². The van der Waals surface area contributed by atoms with Crippen LogP contribution in [0.5, 0.6) is 0 Å². The molecule has 0 unspecified atom stereocenters. The Morgan fingerprint density at radius 3 is 1.83 bits per heavy atom. The summed E-state index contributed by atoms with van der Waals surface area (Å²) >= 11 is 0. The van der Waals surface area contributed by atoms with Crippen molar-refractivity contribution >= 4 is 11.9 Å². The van der Waals surface area contributed by atoms with Crippen LogP contribution < -0.4 is 5.11 Å². The molecule has 0 amide bonds. The minimum atomic E-state index is -1.31. The van der Waals surface area contributed by atoms with Crippen molar-refractivity contribution < 1.29 is 19.8 Å². The monoisotopic (exact) mass is 165 g/mol. The average Bonchev–Trinajstić information content (AvgIpc) is 2.04. The first kappa shape index (κ1) is 8.26. The van der Waals surface area contributed by atoms with E-state index < -0.39 is 11.9 Å². The summed E-state index contributed by atoms with van der Waals surface area (Å²) in [5.41, 5.74) is 0.0278. The number of carbonyl (C=O) groups is 2. The summed E-state index contributed by atoms with van der Waals surface area (Å²) in [4.78, 5) is 20.5. The van der Waals surface area contributed by atoms with Gasteiger partial charge in [0.05, 0.1) is 11.5 Å². The van der Waals surface area contributed by atoms with Crippen LogP contribution in [-0.4, -0.2) is 17.0 Å². The van der Waals surface area contributed by atoms with E-state index in [0.717, 1.165) is 0 Å². The second kappa shape index (κ2) is 3.04. The van der Waals surface area contributed by atoms with Crippen molar-refractivity contribution in [3.63, 3.8) is 0 Å². The molecular formula is C8H5O4-. The van der Waals surface area contributed by atoms with Crippen LogP contribution in [0.1, 0.15) is 20.7 Å². The summed E-state index contributed by atoms with van der Waals surface area (Å²) in [5.74, 6) is -2.40. The zero-order valence-corrected chi connectivity index (χ0v) is 5.98. The normalized spacial score (nSPS) is 9.33. The molecule has 0 saturated heterocycles. The quantitative estimate of drug-likeness (QED) is 0.655. The van der Waals surface area contributed by atoms with Gasteiger partial charge in [0.25, 0.3) is 0 Å². The highest BCUT2D eigenvalue weighted by Crippen LogP contribution is 2.02. The molecule has 0 heterocycles. The molecule has 0 spiro atoms. The third kappa shape index (κ3) is 1.60. The second-order valence-corrected chi connectivity index (χ2v) is 2.17. The van der Waals surface area contributed by atoms with Gasteiger partial charge in [-0.2, -0.15) is 0 Å². The van der Waals surface area contributed by atoms with Gasteiger partial charge in [-0.05, 0) is 17.7 Å². The Kier molecular flexibility index (Phi) is 2.09. The lowest BCUT2D eigenvalue weighted by Gasteiger charge is -2.00. The first-order valence-corrected chi connectivity index (χ1v) is 3.16. The zero-order valence-electron chi connectivity index (χ0n) is 5.98. The first-order valence-electron chi connectivity index (χ1n) is 3.16. The van der Waals surface area contributed by atoms with Gasteiger partial charge in [0.1, 0.15) is 0 Å². The van der Waals surface area contributed by atoms with Gasteiger partial charge in [-0.25, -0.2) is 4.79 Å². The Balaban J connectivity index is 3.01. The first-order chi connectivity index (χ1) is 5.61. The summed E-state index contributed by atoms with van der Waals surface area (Å²) in [6.07, 6.45) is 0. The topological polar surface area (TPSA) is 77.4 Å². The minimum Gasteiger partial charge on any atom is -0.545 e. The largest absolute Gasteiger partial charge is 0.545 e. The van der Waals surface area contributed by atoms with Crippen LogP contribution in [0, 0.1) is 0 Å². The number of hydrogen-bond donors (Lipinski definition) is 1. The van der Waals surface area contributed by atoms with Gasteiger partial charge in [0.2, 0.25) is 0 Å². The molecule has 1 aromatic carbocycles. The lowest BCUT2D eigenvalue weighted by molar-refractivity contribution is -0.255. The summed E-state index contributed by atoms with van der Waals surface area (Å²) in [6.45, 7) is 0. The lowest BCUT2D eigenvalue weighted by atomic mass is 10.1. The fourth-order valence-corrected chi connectivity index (χ4v) is 0.749. The van der Waals surface area contributed by atoms with Gasteiger partial charge in [0, 0.05) is 0 Å². The number of rotatable bonds is 2. The van der Waals surface area contributed by atoms with E-state index in [4.69, 9.17) is 5.11 Å². The van der Waals surface area contributed by atoms with Crippen molar-refractivity contribution in [2.45, 2.75) is 0 Å². The van der Waals surface area contributed by atoms with Crippen LogP contribution in [-0.2, 0) is 0 Å². The summed E-state index contributed by atoms with van der Waals surface area (Å²) in [6, 6.07) is 4.82. The highest BCUT2D eigenvalue weighted by Gasteiger charge is 2.00. The Hall–Kier alpha value is -1.84. The van der Waals surface area contributed by atoms with Gasteiger partial charge in [-0.15, -0.1) is 0 Å². The highest BCUT2D eigenvalue weighted by molar-refractivity contribution is 5.90. The molecule has 62 valence electrons. The molecule has 4 heteroatoms. The van der Waals surface area contributed by atoms with Crippen molar-refractivity contribution in [3.8, 4) is 0 Å². The third-order valence-electron chi connectivity index (χ3n) is 1.37. The van der Waals surface area contributed by atoms with E-state index in [2.05, 4.69) is 0 Å². The number of carboxylic acids is 2. The lowest BCUT2D eigenvalue weighted by Crippen LogP contribution is -2.22. The molecule has 1 aromatic rings. The van der Waals surface area contributed by atoms with Gasteiger partial charge < -0.3 is 15.0 Å². The maximum atomic E-state index is 10.3.